The average Bonchev–Trinajstić information content (AvgIpc) is 2.85. The smallest absolute Gasteiger partial charge is 0.0922 e. The molecule has 0 radical (unpaired) electrons. The first-order chi connectivity index (χ1) is 8.66. The Balaban J connectivity index is 1.85. The van der Waals surface area contributed by atoms with Crippen LogP contribution in [0.15, 0.2) is 38.0 Å². The van der Waals surface area contributed by atoms with Crippen molar-refractivity contribution in [3.8, 4) is 0 Å². The Morgan fingerprint density at radius 2 is 2.28 bits per heavy atom. The van der Waals surface area contributed by atoms with Crippen molar-refractivity contribution in [3.05, 3.63) is 49.3 Å². The first kappa shape index (κ1) is 14.1. The van der Waals surface area contributed by atoms with Gasteiger partial charge in [-0.1, -0.05) is 0 Å². The minimum Gasteiger partial charge on any atom is -0.387 e. The molecule has 1 unspecified atom stereocenters. The van der Waals surface area contributed by atoms with Gasteiger partial charge in [0.15, 0.2) is 0 Å². The van der Waals surface area contributed by atoms with E-state index in [4.69, 9.17) is 0 Å². The van der Waals surface area contributed by atoms with Gasteiger partial charge < -0.3 is 10.4 Å². The van der Waals surface area contributed by atoms with Gasteiger partial charge in [0.2, 0.25) is 0 Å². The standard InChI is InChI=1S/C12H12Br2N2OS/c13-9-3-10(14)11(16-4-9)5-15-6-12(17)8-1-2-18-7-8/h1-4,7,12,15,17H,5-6H2. The number of rotatable bonds is 5. The summed E-state index contributed by atoms with van der Waals surface area (Å²) in [6, 6.07) is 3.89. The van der Waals surface area contributed by atoms with E-state index in [1.807, 2.05) is 22.9 Å². The number of aromatic nitrogens is 1. The summed E-state index contributed by atoms with van der Waals surface area (Å²) in [6.45, 7) is 1.13. The summed E-state index contributed by atoms with van der Waals surface area (Å²) in [6.07, 6.45) is 1.29. The zero-order valence-electron chi connectivity index (χ0n) is 9.44. The summed E-state index contributed by atoms with van der Waals surface area (Å²) < 4.78 is 1.89. The topological polar surface area (TPSA) is 45.1 Å². The predicted octanol–water partition coefficient (Wildman–Crippen LogP) is 3.49. The van der Waals surface area contributed by atoms with E-state index in [0.717, 1.165) is 20.2 Å². The largest absolute Gasteiger partial charge is 0.387 e. The van der Waals surface area contributed by atoms with E-state index in [1.54, 1.807) is 17.5 Å². The zero-order valence-corrected chi connectivity index (χ0v) is 13.4. The number of aliphatic hydroxyl groups is 1. The van der Waals surface area contributed by atoms with E-state index in [-0.39, 0.29) is 0 Å². The van der Waals surface area contributed by atoms with Crippen molar-refractivity contribution >= 4 is 43.2 Å². The van der Waals surface area contributed by atoms with E-state index in [1.165, 1.54) is 0 Å². The molecule has 0 aliphatic carbocycles. The van der Waals surface area contributed by atoms with Crippen LogP contribution in [0.1, 0.15) is 17.4 Å². The van der Waals surface area contributed by atoms with Crippen LogP contribution in [0.5, 0.6) is 0 Å². The minimum atomic E-state index is -0.467. The summed E-state index contributed by atoms with van der Waals surface area (Å²) in [4.78, 5) is 4.30. The molecule has 96 valence electrons. The number of halogens is 2. The van der Waals surface area contributed by atoms with E-state index in [0.29, 0.717) is 13.1 Å². The van der Waals surface area contributed by atoms with Crippen molar-refractivity contribution in [1.82, 2.24) is 10.3 Å². The van der Waals surface area contributed by atoms with Crippen LogP contribution in [-0.2, 0) is 6.54 Å². The van der Waals surface area contributed by atoms with Crippen molar-refractivity contribution in [2.24, 2.45) is 0 Å². The molecule has 2 rings (SSSR count). The molecule has 0 spiro atoms. The number of hydrogen-bond donors (Lipinski definition) is 2. The predicted molar refractivity (Wildman–Crippen MR) is 80.6 cm³/mol. The van der Waals surface area contributed by atoms with Gasteiger partial charge in [-0.2, -0.15) is 11.3 Å². The van der Waals surface area contributed by atoms with Crippen molar-refractivity contribution in [2.45, 2.75) is 12.6 Å². The van der Waals surface area contributed by atoms with Gasteiger partial charge in [-0.3, -0.25) is 4.98 Å². The number of aliphatic hydroxyl groups excluding tert-OH is 1. The fourth-order valence-corrected chi connectivity index (χ4v) is 3.32. The highest BCUT2D eigenvalue weighted by atomic mass is 79.9. The number of thiophene rings is 1. The van der Waals surface area contributed by atoms with Crippen molar-refractivity contribution in [2.75, 3.05) is 6.54 Å². The Morgan fingerprint density at radius 3 is 2.94 bits per heavy atom. The quantitative estimate of drug-likeness (QED) is 0.819. The summed E-state index contributed by atoms with van der Waals surface area (Å²) in [5.74, 6) is 0. The highest BCUT2D eigenvalue weighted by Crippen LogP contribution is 2.20. The molecule has 6 heteroatoms. The lowest BCUT2D eigenvalue weighted by Crippen LogP contribution is -2.21. The first-order valence-electron chi connectivity index (χ1n) is 5.37. The second kappa shape index (κ2) is 6.77. The monoisotopic (exact) mass is 390 g/mol. The average molecular weight is 392 g/mol. The molecule has 2 aromatic heterocycles. The van der Waals surface area contributed by atoms with Crippen LogP contribution in [0.4, 0.5) is 0 Å². The van der Waals surface area contributed by atoms with Gasteiger partial charge in [-0.15, -0.1) is 0 Å². The molecule has 18 heavy (non-hydrogen) atoms. The molecule has 2 aromatic rings. The number of nitrogens with zero attached hydrogens (tertiary/aromatic N) is 1. The molecule has 0 amide bonds. The fraction of sp³-hybridized carbons (Fsp3) is 0.250. The summed E-state index contributed by atoms with van der Waals surface area (Å²) in [7, 11) is 0. The van der Waals surface area contributed by atoms with Gasteiger partial charge in [-0.25, -0.2) is 0 Å². The van der Waals surface area contributed by atoms with E-state index in [2.05, 4.69) is 42.2 Å². The van der Waals surface area contributed by atoms with Gasteiger partial charge in [0.1, 0.15) is 0 Å². The summed E-state index contributed by atoms with van der Waals surface area (Å²) >= 11 is 8.41. The van der Waals surface area contributed by atoms with Crippen LogP contribution in [0.25, 0.3) is 0 Å². The molecular weight excluding hydrogens is 380 g/mol. The third-order valence-electron chi connectivity index (χ3n) is 2.44. The number of nitrogens with one attached hydrogen (secondary N) is 1. The molecule has 0 saturated carbocycles. The lowest BCUT2D eigenvalue weighted by molar-refractivity contribution is 0.174. The molecular formula is C12H12Br2N2OS. The lowest BCUT2D eigenvalue weighted by atomic mass is 10.2. The molecule has 0 saturated heterocycles. The molecule has 2 N–H and O–H groups in total. The third-order valence-corrected chi connectivity index (χ3v) is 4.26. The Hall–Kier alpha value is -0.270. The van der Waals surface area contributed by atoms with Crippen LogP contribution in [0, 0.1) is 0 Å². The first-order valence-corrected chi connectivity index (χ1v) is 7.90. The van der Waals surface area contributed by atoms with Crippen LogP contribution in [-0.4, -0.2) is 16.6 Å². The van der Waals surface area contributed by atoms with Crippen molar-refractivity contribution in [1.29, 1.82) is 0 Å². The van der Waals surface area contributed by atoms with E-state index in [9.17, 15) is 5.11 Å². The lowest BCUT2D eigenvalue weighted by Gasteiger charge is -2.11. The normalized spacial score (nSPS) is 12.6. The molecule has 0 bridgehead atoms. The van der Waals surface area contributed by atoms with Crippen molar-refractivity contribution in [3.63, 3.8) is 0 Å². The molecule has 2 heterocycles. The highest BCUT2D eigenvalue weighted by Gasteiger charge is 2.08. The fourth-order valence-electron chi connectivity index (χ4n) is 1.48. The Labute approximate surface area is 127 Å². The van der Waals surface area contributed by atoms with E-state index < -0.39 is 6.10 Å². The maximum atomic E-state index is 9.91. The Bertz CT molecular complexity index is 505. The molecule has 3 nitrogen and oxygen atoms in total. The maximum Gasteiger partial charge on any atom is 0.0922 e. The van der Waals surface area contributed by atoms with Crippen LogP contribution < -0.4 is 5.32 Å². The maximum absolute atomic E-state index is 9.91. The molecule has 0 aliphatic rings. The summed E-state index contributed by atoms with van der Waals surface area (Å²) in [5, 5.41) is 17.0. The van der Waals surface area contributed by atoms with Crippen LogP contribution in [0.3, 0.4) is 0 Å². The van der Waals surface area contributed by atoms with Crippen LogP contribution >= 0.6 is 43.2 Å². The zero-order chi connectivity index (χ0) is 13.0. The summed E-state index contributed by atoms with van der Waals surface area (Å²) in [5.41, 5.74) is 1.88. The molecule has 0 aromatic carbocycles. The third kappa shape index (κ3) is 3.86. The molecule has 1 atom stereocenters. The second-order valence-electron chi connectivity index (χ2n) is 3.79. The Kier molecular flexibility index (Phi) is 5.32. The van der Waals surface area contributed by atoms with Crippen LogP contribution in [0.2, 0.25) is 0 Å². The SMILES string of the molecule is OC(CNCc1ncc(Br)cc1Br)c1ccsc1. The Morgan fingerprint density at radius 1 is 1.44 bits per heavy atom. The molecule has 0 aliphatic heterocycles. The van der Waals surface area contributed by atoms with Gasteiger partial charge >= 0.3 is 0 Å². The highest BCUT2D eigenvalue weighted by molar-refractivity contribution is 9.11. The van der Waals surface area contributed by atoms with E-state index >= 15 is 0 Å². The van der Waals surface area contributed by atoms with Gasteiger partial charge in [-0.05, 0) is 60.3 Å². The van der Waals surface area contributed by atoms with Gasteiger partial charge in [0.05, 0.1) is 11.8 Å². The number of pyridine rings is 1. The van der Waals surface area contributed by atoms with Crippen molar-refractivity contribution < 1.29 is 5.11 Å². The minimum absolute atomic E-state index is 0.467. The van der Waals surface area contributed by atoms with Gasteiger partial charge in [0, 0.05) is 28.2 Å². The number of hydrogen-bond acceptors (Lipinski definition) is 4. The molecule has 0 fully saturated rings. The second-order valence-corrected chi connectivity index (χ2v) is 6.34. The van der Waals surface area contributed by atoms with Gasteiger partial charge in [0.25, 0.3) is 0 Å².